The molecular formula is C16H24FNO2. The zero-order valence-corrected chi connectivity index (χ0v) is 12.2. The summed E-state index contributed by atoms with van der Waals surface area (Å²) in [5.41, 5.74) is 0. The Hall–Kier alpha value is -1.13. The van der Waals surface area contributed by atoms with Gasteiger partial charge in [-0.05, 0) is 38.4 Å². The third-order valence-electron chi connectivity index (χ3n) is 3.79. The Morgan fingerprint density at radius 2 is 2.05 bits per heavy atom. The van der Waals surface area contributed by atoms with Gasteiger partial charge in [-0.15, -0.1) is 0 Å². The molecule has 112 valence electrons. The number of piperidine rings is 1. The highest BCUT2D eigenvalue weighted by molar-refractivity contribution is 5.23. The van der Waals surface area contributed by atoms with Crippen LogP contribution in [-0.2, 0) is 4.74 Å². The third kappa shape index (κ3) is 4.76. The first-order valence-electron chi connectivity index (χ1n) is 7.46. The molecule has 4 heteroatoms. The van der Waals surface area contributed by atoms with Gasteiger partial charge in [-0.3, -0.25) is 4.90 Å². The molecule has 0 bridgehead atoms. The van der Waals surface area contributed by atoms with Crippen LogP contribution in [0.15, 0.2) is 24.3 Å². The molecule has 1 atom stereocenters. The fourth-order valence-electron chi connectivity index (χ4n) is 2.55. The van der Waals surface area contributed by atoms with Gasteiger partial charge in [0.05, 0.1) is 13.2 Å². The van der Waals surface area contributed by atoms with Crippen molar-refractivity contribution in [3.05, 3.63) is 30.1 Å². The summed E-state index contributed by atoms with van der Waals surface area (Å²) in [6, 6.07) is 7.11. The maximum atomic E-state index is 13.3. The van der Waals surface area contributed by atoms with Crippen LogP contribution in [0.5, 0.6) is 5.75 Å². The Labute approximate surface area is 120 Å². The Morgan fingerprint density at radius 1 is 1.20 bits per heavy atom. The summed E-state index contributed by atoms with van der Waals surface area (Å²) >= 11 is 0. The van der Waals surface area contributed by atoms with Crippen LogP contribution in [-0.4, -0.2) is 43.9 Å². The van der Waals surface area contributed by atoms with Gasteiger partial charge in [0.2, 0.25) is 0 Å². The Balaban J connectivity index is 1.54. The lowest BCUT2D eigenvalue weighted by atomic mass is 10.0. The van der Waals surface area contributed by atoms with Crippen LogP contribution in [0.3, 0.4) is 0 Å². The molecule has 0 aromatic heterocycles. The van der Waals surface area contributed by atoms with Crippen LogP contribution in [0, 0.1) is 5.82 Å². The molecule has 2 rings (SSSR count). The average molecular weight is 281 g/mol. The molecule has 1 heterocycles. The number of para-hydroxylation sites is 1. The topological polar surface area (TPSA) is 21.7 Å². The van der Waals surface area contributed by atoms with Gasteiger partial charge in [-0.25, -0.2) is 4.39 Å². The summed E-state index contributed by atoms with van der Waals surface area (Å²) in [4.78, 5) is 2.47. The highest BCUT2D eigenvalue weighted by Gasteiger charge is 2.17. The van der Waals surface area contributed by atoms with Gasteiger partial charge < -0.3 is 9.47 Å². The molecule has 1 saturated heterocycles. The second-order valence-corrected chi connectivity index (χ2v) is 5.27. The van der Waals surface area contributed by atoms with Gasteiger partial charge in [-0.2, -0.15) is 0 Å². The van der Waals surface area contributed by atoms with Crippen LogP contribution >= 0.6 is 0 Å². The number of hydrogen-bond donors (Lipinski definition) is 0. The second-order valence-electron chi connectivity index (χ2n) is 5.27. The van der Waals surface area contributed by atoms with Crippen molar-refractivity contribution in [1.29, 1.82) is 0 Å². The van der Waals surface area contributed by atoms with Crippen LogP contribution < -0.4 is 4.74 Å². The molecule has 0 saturated carbocycles. The Morgan fingerprint density at radius 3 is 2.85 bits per heavy atom. The fraction of sp³-hybridized carbons (Fsp3) is 0.625. The molecule has 1 aliphatic heterocycles. The lowest BCUT2D eigenvalue weighted by Crippen LogP contribution is -2.39. The quantitative estimate of drug-likeness (QED) is 0.717. The minimum absolute atomic E-state index is 0.292. The number of ether oxygens (including phenoxy) is 2. The number of likely N-dealkylation sites (tertiary alicyclic amines) is 1. The van der Waals surface area contributed by atoms with Gasteiger partial charge in [-0.1, -0.05) is 18.6 Å². The monoisotopic (exact) mass is 281 g/mol. The number of rotatable bonds is 7. The van der Waals surface area contributed by atoms with E-state index >= 15 is 0 Å². The second kappa shape index (κ2) is 8.22. The predicted octanol–water partition coefficient (Wildman–Crippen LogP) is 3.10. The molecule has 0 aliphatic carbocycles. The first kappa shape index (κ1) is 15.3. The molecule has 0 spiro atoms. The standard InChI is InChI=1S/C16H24FNO2/c1-14-6-4-5-9-18(14)10-11-19-12-13-20-16-8-3-2-7-15(16)17/h2-3,7-8,14H,4-6,9-13H2,1H3. The van der Waals surface area contributed by atoms with E-state index in [0.29, 0.717) is 31.6 Å². The molecule has 1 aromatic rings. The van der Waals surface area contributed by atoms with Crippen molar-refractivity contribution >= 4 is 0 Å². The molecule has 0 N–H and O–H groups in total. The molecule has 1 aliphatic rings. The van der Waals surface area contributed by atoms with Crippen LogP contribution in [0.1, 0.15) is 26.2 Å². The minimum Gasteiger partial charge on any atom is -0.488 e. The van der Waals surface area contributed by atoms with Gasteiger partial charge in [0.25, 0.3) is 0 Å². The van der Waals surface area contributed by atoms with E-state index in [9.17, 15) is 4.39 Å². The minimum atomic E-state index is -0.324. The highest BCUT2D eigenvalue weighted by Crippen LogP contribution is 2.16. The van der Waals surface area contributed by atoms with Gasteiger partial charge >= 0.3 is 0 Å². The molecule has 1 unspecified atom stereocenters. The summed E-state index contributed by atoms with van der Waals surface area (Å²) in [5.74, 6) is -0.0320. The summed E-state index contributed by atoms with van der Waals surface area (Å²) in [6.45, 7) is 6.02. The van der Waals surface area contributed by atoms with E-state index < -0.39 is 0 Å². The number of benzene rings is 1. The van der Waals surface area contributed by atoms with Crippen molar-refractivity contribution in [3.8, 4) is 5.75 Å². The zero-order valence-electron chi connectivity index (χ0n) is 12.2. The summed E-state index contributed by atoms with van der Waals surface area (Å²) in [5, 5.41) is 0. The number of halogens is 1. The molecule has 1 aromatic carbocycles. The Kier molecular flexibility index (Phi) is 6.27. The van der Waals surface area contributed by atoms with Crippen LogP contribution in [0.2, 0.25) is 0 Å². The normalized spacial score (nSPS) is 20.0. The number of hydrogen-bond acceptors (Lipinski definition) is 3. The van der Waals surface area contributed by atoms with E-state index in [0.717, 1.165) is 6.54 Å². The average Bonchev–Trinajstić information content (AvgIpc) is 2.46. The molecule has 0 radical (unpaired) electrons. The maximum Gasteiger partial charge on any atom is 0.165 e. The van der Waals surface area contributed by atoms with E-state index in [4.69, 9.17) is 9.47 Å². The van der Waals surface area contributed by atoms with E-state index in [-0.39, 0.29) is 5.82 Å². The lowest BCUT2D eigenvalue weighted by molar-refractivity contribution is 0.0604. The van der Waals surface area contributed by atoms with E-state index in [2.05, 4.69) is 11.8 Å². The first-order chi connectivity index (χ1) is 9.77. The van der Waals surface area contributed by atoms with Crippen molar-refractivity contribution in [1.82, 2.24) is 4.90 Å². The van der Waals surface area contributed by atoms with E-state index in [1.807, 2.05) is 0 Å². The van der Waals surface area contributed by atoms with E-state index in [1.54, 1.807) is 18.2 Å². The van der Waals surface area contributed by atoms with Crippen molar-refractivity contribution < 1.29 is 13.9 Å². The molecular weight excluding hydrogens is 257 g/mol. The van der Waals surface area contributed by atoms with Crippen LogP contribution in [0.25, 0.3) is 0 Å². The van der Waals surface area contributed by atoms with Crippen molar-refractivity contribution in [2.75, 3.05) is 32.9 Å². The lowest BCUT2D eigenvalue weighted by Gasteiger charge is -2.33. The van der Waals surface area contributed by atoms with Crippen LogP contribution in [0.4, 0.5) is 4.39 Å². The molecule has 0 amide bonds. The highest BCUT2D eigenvalue weighted by atomic mass is 19.1. The fourth-order valence-corrected chi connectivity index (χ4v) is 2.55. The van der Waals surface area contributed by atoms with Gasteiger partial charge in [0, 0.05) is 12.6 Å². The summed E-state index contributed by atoms with van der Waals surface area (Å²) < 4.78 is 24.2. The van der Waals surface area contributed by atoms with Crippen molar-refractivity contribution in [2.45, 2.75) is 32.2 Å². The van der Waals surface area contributed by atoms with Gasteiger partial charge in [0.1, 0.15) is 6.61 Å². The van der Waals surface area contributed by atoms with Crippen molar-refractivity contribution in [2.24, 2.45) is 0 Å². The molecule has 1 fully saturated rings. The third-order valence-corrected chi connectivity index (χ3v) is 3.79. The first-order valence-corrected chi connectivity index (χ1v) is 7.46. The predicted molar refractivity (Wildman–Crippen MR) is 77.6 cm³/mol. The molecule has 20 heavy (non-hydrogen) atoms. The van der Waals surface area contributed by atoms with Crippen molar-refractivity contribution in [3.63, 3.8) is 0 Å². The van der Waals surface area contributed by atoms with Gasteiger partial charge in [0.15, 0.2) is 11.6 Å². The van der Waals surface area contributed by atoms with E-state index in [1.165, 1.54) is 31.9 Å². The summed E-state index contributed by atoms with van der Waals surface area (Å²) in [7, 11) is 0. The zero-order chi connectivity index (χ0) is 14.2. The molecule has 3 nitrogen and oxygen atoms in total. The largest absolute Gasteiger partial charge is 0.488 e. The SMILES string of the molecule is CC1CCCCN1CCOCCOc1ccccc1F. The maximum absolute atomic E-state index is 13.3. The summed E-state index contributed by atoms with van der Waals surface area (Å²) in [6.07, 6.45) is 3.92. The Bertz CT molecular complexity index is 400. The number of nitrogens with zero attached hydrogens (tertiary/aromatic N) is 1. The smallest absolute Gasteiger partial charge is 0.165 e.